The van der Waals surface area contributed by atoms with E-state index in [1.54, 1.807) is 7.11 Å². The molecular formula is C19H33NO3. The third-order valence-electron chi connectivity index (χ3n) is 3.84. The van der Waals surface area contributed by atoms with Crippen molar-refractivity contribution in [3.05, 3.63) is 29.8 Å². The summed E-state index contributed by atoms with van der Waals surface area (Å²) in [5.41, 5.74) is 1.06. The van der Waals surface area contributed by atoms with Crippen LogP contribution in [0.3, 0.4) is 0 Å². The summed E-state index contributed by atoms with van der Waals surface area (Å²) in [7, 11) is 1.66. The summed E-state index contributed by atoms with van der Waals surface area (Å²) in [6.45, 7) is 8.08. The van der Waals surface area contributed by atoms with Crippen molar-refractivity contribution in [3.8, 4) is 5.75 Å². The molecule has 0 aliphatic heterocycles. The fourth-order valence-corrected chi connectivity index (χ4v) is 2.48. The van der Waals surface area contributed by atoms with Crippen molar-refractivity contribution in [2.24, 2.45) is 0 Å². The molecule has 1 rings (SSSR count). The summed E-state index contributed by atoms with van der Waals surface area (Å²) in [4.78, 5) is 2.35. The Morgan fingerprint density at radius 3 is 2.43 bits per heavy atom. The molecule has 0 radical (unpaired) electrons. The minimum absolute atomic E-state index is 0.367. The molecule has 1 atom stereocenters. The maximum Gasteiger partial charge on any atom is 0.119 e. The highest BCUT2D eigenvalue weighted by Gasteiger charge is 2.11. The van der Waals surface area contributed by atoms with E-state index in [1.165, 1.54) is 25.7 Å². The lowest BCUT2D eigenvalue weighted by Gasteiger charge is -2.24. The summed E-state index contributed by atoms with van der Waals surface area (Å²) in [5.74, 6) is 0.831. The van der Waals surface area contributed by atoms with Crippen LogP contribution in [0.4, 0.5) is 0 Å². The Hall–Kier alpha value is -1.10. The fourth-order valence-electron chi connectivity index (χ4n) is 2.48. The monoisotopic (exact) mass is 323 g/mol. The Labute approximate surface area is 141 Å². The first kappa shape index (κ1) is 19.9. The van der Waals surface area contributed by atoms with Gasteiger partial charge in [-0.15, -0.1) is 0 Å². The molecule has 4 heteroatoms. The summed E-state index contributed by atoms with van der Waals surface area (Å²) >= 11 is 0. The maximum absolute atomic E-state index is 10.2. The number of ether oxygens (including phenoxy) is 2. The van der Waals surface area contributed by atoms with Crippen LogP contribution in [0, 0.1) is 0 Å². The highest BCUT2D eigenvalue weighted by molar-refractivity contribution is 5.27. The molecule has 132 valence electrons. The van der Waals surface area contributed by atoms with Crippen LogP contribution < -0.4 is 4.74 Å². The van der Waals surface area contributed by atoms with Crippen molar-refractivity contribution in [1.82, 2.24) is 4.90 Å². The van der Waals surface area contributed by atoms with Gasteiger partial charge >= 0.3 is 0 Å². The first-order chi connectivity index (χ1) is 11.2. The molecule has 23 heavy (non-hydrogen) atoms. The lowest BCUT2D eigenvalue weighted by atomic mass is 10.2. The normalized spacial score (nSPS) is 12.6. The van der Waals surface area contributed by atoms with Gasteiger partial charge in [0.2, 0.25) is 0 Å². The van der Waals surface area contributed by atoms with Gasteiger partial charge in [-0.25, -0.2) is 0 Å². The number of hydrogen-bond acceptors (Lipinski definition) is 4. The largest absolute Gasteiger partial charge is 0.497 e. The van der Waals surface area contributed by atoms with E-state index in [4.69, 9.17) is 9.47 Å². The zero-order chi connectivity index (χ0) is 16.9. The van der Waals surface area contributed by atoms with Crippen molar-refractivity contribution in [2.45, 2.75) is 52.2 Å². The Kier molecular flexibility index (Phi) is 10.7. The van der Waals surface area contributed by atoms with E-state index in [1.807, 2.05) is 24.3 Å². The quantitative estimate of drug-likeness (QED) is 0.603. The third kappa shape index (κ3) is 8.94. The van der Waals surface area contributed by atoms with Gasteiger partial charge in [0.15, 0.2) is 0 Å². The van der Waals surface area contributed by atoms with Gasteiger partial charge in [-0.05, 0) is 43.6 Å². The smallest absolute Gasteiger partial charge is 0.119 e. The van der Waals surface area contributed by atoms with Crippen molar-refractivity contribution in [1.29, 1.82) is 0 Å². The van der Waals surface area contributed by atoms with Crippen molar-refractivity contribution in [2.75, 3.05) is 33.4 Å². The first-order valence-corrected chi connectivity index (χ1v) is 8.80. The molecule has 0 saturated carbocycles. The van der Waals surface area contributed by atoms with Crippen LogP contribution in [0.2, 0.25) is 0 Å². The first-order valence-electron chi connectivity index (χ1n) is 8.80. The lowest BCUT2D eigenvalue weighted by Crippen LogP contribution is -2.36. The van der Waals surface area contributed by atoms with Gasteiger partial charge in [-0.1, -0.05) is 38.8 Å². The van der Waals surface area contributed by atoms with Gasteiger partial charge in [0.05, 0.1) is 26.4 Å². The minimum atomic E-state index is -0.436. The molecular weight excluding hydrogens is 290 g/mol. The standard InChI is InChI=1S/C19H33NO3/c1-4-6-11-20(12-7-5-2)14-18(21)16-23-15-17-9-8-10-19(13-17)22-3/h8-10,13,18,21H,4-7,11-12,14-16H2,1-3H3/t18-/m1/s1. The molecule has 0 saturated heterocycles. The van der Waals surface area contributed by atoms with E-state index in [0.717, 1.165) is 24.4 Å². The average Bonchev–Trinajstić information content (AvgIpc) is 2.57. The van der Waals surface area contributed by atoms with E-state index in [0.29, 0.717) is 19.8 Å². The van der Waals surface area contributed by atoms with E-state index in [-0.39, 0.29) is 0 Å². The molecule has 0 spiro atoms. The zero-order valence-electron chi connectivity index (χ0n) is 15.0. The molecule has 1 aromatic carbocycles. The van der Waals surface area contributed by atoms with Crippen LogP contribution in [0.25, 0.3) is 0 Å². The second-order valence-corrected chi connectivity index (χ2v) is 6.03. The Morgan fingerprint density at radius 2 is 1.83 bits per heavy atom. The highest BCUT2D eigenvalue weighted by atomic mass is 16.5. The number of aliphatic hydroxyl groups is 1. The molecule has 1 aromatic rings. The Balaban J connectivity index is 2.31. The third-order valence-corrected chi connectivity index (χ3v) is 3.84. The number of hydrogen-bond donors (Lipinski definition) is 1. The molecule has 0 bridgehead atoms. The molecule has 0 fully saturated rings. The van der Waals surface area contributed by atoms with E-state index < -0.39 is 6.10 Å². The number of nitrogens with zero attached hydrogens (tertiary/aromatic N) is 1. The van der Waals surface area contributed by atoms with Gasteiger partial charge in [-0.2, -0.15) is 0 Å². The summed E-state index contributed by atoms with van der Waals surface area (Å²) < 4.78 is 10.9. The lowest BCUT2D eigenvalue weighted by molar-refractivity contribution is 0.00946. The molecule has 4 nitrogen and oxygen atoms in total. The van der Waals surface area contributed by atoms with Crippen LogP contribution in [0.1, 0.15) is 45.1 Å². The minimum Gasteiger partial charge on any atom is -0.497 e. The van der Waals surface area contributed by atoms with E-state index >= 15 is 0 Å². The highest BCUT2D eigenvalue weighted by Crippen LogP contribution is 2.13. The number of methoxy groups -OCH3 is 1. The van der Waals surface area contributed by atoms with Crippen LogP contribution >= 0.6 is 0 Å². The predicted octanol–water partition coefficient (Wildman–Crippen LogP) is 3.47. The second kappa shape index (κ2) is 12.3. The molecule has 1 N–H and O–H groups in total. The maximum atomic E-state index is 10.2. The van der Waals surface area contributed by atoms with E-state index in [2.05, 4.69) is 18.7 Å². The molecule has 0 aromatic heterocycles. The number of rotatable bonds is 13. The van der Waals surface area contributed by atoms with Gasteiger partial charge < -0.3 is 19.5 Å². The van der Waals surface area contributed by atoms with Crippen LogP contribution in [-0.4, -0.2) is 49.5 Å². The average molecular weight is 323 g/mol. The van der Waals surface area contributed by atoms with Gasteiger partial charge in [0.1, 0.15) is 5.75 Å². The molecule has 0 unspecified atom stereocenters. The number of unbranched alkanes of at least 4 members (excludes halogenated alkanes) is 2. The SMILES string of the molecule is CCCCN(CCCC)C[C@@H](O)COCc1cccc(OC)c1. The summed E-state index contributed by atoms with van der Waals surface area (Å²) in [6, 6.07) is 7.83. The number of benzene rings is 1. The van der Waals surface area contributed by atoms with Crippen molar-refractivity contribution < 1.29 is 14.6 Å². The second-order valence-electron chi connectivity index (χ2n) is 6.03. The van der Waals surface area contributed by atoms with Crippen LogP contribution in [0.5, 0.6) is 5.75 Å². The summed E-state index contributed by atoms with van der Waals surface area (Å²) in [5, 5.41) is 10.2. The molecule has 0 aliphatic rings. The van der Waals surface area contributed by atoms with Crippen LogP contribution in [-0.2, 0) is 11.3 Å². The molecule has 0 heterocycles. The van der Waals surface area contributed by atoms with Crippen molar-refractivity contribution in [3.63, 3.8) is 0 Å². The van der Waals surface area contributed by atoms with Crippen molar-refractivity contribution >= 4 is 0 Å². The molecule has 0 aliphatic carbocycles. The topological polar surface area (TPSA) is 41.9 Å². The fraction of sp³-hybridized carbons (Fsp3) is 0.684. The van der Waals surface area contributed by atoms with Gasteiger partial charge in [0, 0.05) is 6.54 Å². The molecule has 0 amide bonds. The number of aliphatic hydroxyl groups excluding tert-OH is 1. The summed E-state index contributed by atoms with van der Waals surface area (Å²) in [6.07, 6.45) is 4.30. The van der Waals surface area contributed by atoms with E-state index in [9.17, 15) is 5.11 Å². The zero-order valence-corrected chi connectivity index (χ0v) is 15.0. The predicted molar refractivity (Wildman–Crippen MR) is 94.9 cm³/mol. The Bertz CT molecular complexity index is 403. The van der Waals surface area contributed by atoms with Gasteiger partial charge in [0.25, 0.3) is 0 Å². The van der Waals surface area contributed by atoms with Crippen LogP contribution in [0.15, 0.2) is 24.3 Å². The van der Waals surface area contributed by atoms with Gasteiger partial charge in [-0.3, -0.25) is 0 Å². The Morgan fingerprint density at radius 1 is 1.13 bits per heavy atom.